The zero-order chi connectivity index (χ0) is 13.8. The van der Waals surface area contributed by atoms with Gasteiger partial charge in [-0.1, -0.05) is 13.8 Å². The SMILES string of the molecule is Cc1cc2c(n1-c1cnn(C)c1)CC(C)(C)CC2O. The van der Waals surface area contributed by atoms with Gasteiger partial charge in [0.1, 0.15) is 0 Å². The lowest BCUT2D eigenvalue weighted by Gasteiger charge is -2.33. The Bertz CT molecular complexity index is 621. The van der Waals surface area contributed by atoms with Crippen molar-refractivity contribution in [3.05, 3.63) is 35.4 Å². The van der Waals surface area contributed by atoms with Crippen molar-refractivity contribution in [2.45, 2.75) is 39.7 Å². The molecule has 1 aliphatic carbocycles. The molecule has 2 heterocycles. The summed E-state index contributed by atoms with van der Waals surface area (Å²) in [6.45, 7) is 6.52. The van der Waals surface area contributed by atoms with Crippen molar-refractivity contribution in [1.29, 1.82) is 0 Å². The van der Waals surface area contributed by atoms with Gasteiger partial charge in [0.2, 0.25) is 0 Å². The lowest BCUT2D eigenvalue weighted by atomic mass is 9.75. The molecule has 1 N–H and O–H groups in total. The molecule has 2 aromatic rings. The van der Waals surface area contributed by atoms with E-state index in [-0.39, 0.29) is 11.5 Å². The molecule has 0 saturated carbocycles. The highest BCUT2D eigenvalue weighted by atomic mass is 16.3. The van der Waals surface area contributed by atoms with Crippen LogP contribution in [-0.4, -0.2) is 19.5 Å². The molecule has 2 aromatic heterocycles. The number of aliphatic hydroxyl groups is 1. The zero-order valence-corrected chi connectivity index (χ0v) is 12.0. The molecule has 4 nitrogen and oxygen atoms in total. The first-order valence-electron chi connectivity index (χ1n) is 6.75. The minimum absolute atomic E-state index is 0.136. The molecule has 4 heteroatoms. The lowest BCUT2D eigenvalue weighted by molar-refractivity contribution is 0.0987. The standard InChI is InChI=1S/C15H21N3O/c1-10-5-12-13(6-15(2,3)7-14(12)19)18(10)11-8-16-17(4)9-11/h5,8-9,14,19H,6-7H2,1-4H3. The van der Waals surface area contributed by atoms with Gasteiger partial charge in [-0.3, -0.25) is 4.68 Å². The van der Waals surface area contributed by atoms with Gasteiger partial charge >= 0.3 is 0 Å². The number of hydrogen-bond donors (Lipinski definition) is 1. The second-order valence-corrected chi connectivity index (χ2v) is 6.46. The number of fused-ring (bicyclic) bond motifs is 1. The van der Waals surface area contributed by atoms with E-state index in [1.54, 1.807) is 0 Å². The maximum absolute atomic E-state index is 10.4. The van der Waals surface area contributed by atoms with Gasteiger partial charge in [0, 0.05) is 30.2 Å². The molecule has 0 spiro atoms. The molecular weight excluding hydrogens is 238 g/mol. The highest BCUT2D eigenvalue weighted by Gasteiger charge is 2.34. The maximum Gasteiger partial charge on any atom is 0.0837 e. The zero-order valence-electron chi connectivity index (χ0n) is 12.0. The van der Waals surface area contributed by atoms with Crippen LogP contribution in [0.1, 0.15) is 43.3 Å². The smallest absolute Gasteiger partial charge is 0.0837 e. The van der Waals surface area contributed by atoms with Crippen LogP contribution in [0.4, 0.5) is 0 Å². The fourth-order valence-electron chi connectivity index (χ4n) is 3.23. The quantitative estimate of drug-likeness (QED) is 0.855. The van der Waals surface area contributed by atoms with Crippen LogP contribution in [0.5, 0.6) is 0 Å². The summed E-state index contributed by atoms with van der Waals surface area (Å²) in [4.78, 5) is 0. The lowest BCUT2D eigenvalue weighted by Crippen LogP contribution is -2.26. The molecule has 0 aliphatic heterocycles. The third kappa shape index (κ3) is 2.00. The van der Waals surface area contributed by atoms with Crippen LogP contribution >= 0.6 is 0 Å². The highest BCUT2D eigenvalue weighted by Crippen LogP contribution is 2.42. The van der Waals surface area contributed by atoms with Crippen molar-refractivity contribution >= 4 is 0 Å². The minimum atomic E-state index is -0.352. The monoisotopic (exact) mass is 259 g/mol. The Morgan fingerprint density at radius 1 is 1.42 bits per heavy atom. The van der Waals surface area contributed by atoms with E-state index >= 15 is 0 Å². The van der Waals surface area contributed by atoms with Gasteiger partial charge in [-0.25, -0.2) is 0 Å². The number of nitrogens with zero attached hydrogens (tertiary/aromatic N) is 3. The minimum Gasteiger partial charge on any atom is -0.388 e. The predicted molar refractivity (Wildman–Crippen MR) is 74.3 cm³/mol. The van der Waals surface area contributed by atoms with Crippen molar-refractivity contribution in [3.63, 3.8) is 0 Å². The molecule has 3 rings (SSSR count). The predicted octanol–water partition coefficient (Wildman–Crippen LogP) is 2.53. The summed E-state index contributed by atoms with van der Waals surface area (Å²) >= 11 is 0. The fraction of sp³-hybridized carbons (Fsp3) is 0.533. The molecule has 19 heavy (non-hydrogen) atoms. The van der Waals surface area contributed by atoms with Crippen LogP contribution in [0.3, 0.4) is 0 Å². The molecule has 0 fully saturated rings. The van der Waals surface area contributed by atoms with E-state index in [1.807, 2.05) is 24.1 Å². The normalized spacial score (nSPS) is 21.4. The van der Waals surface area contributed by atoms with E-state index < -0.39 is 0 Å². The molecule has 0 radical (unpaired) electrons. The van der Waals surface area contributed by atoms with E-state index in [4.69, 9.17) is 0 Å². The summed E-state index contributed by atoms with van der Waals surface area (Å²) in [6.07, 6.45) is 5.36. The van der Waals surface area contributed by atoms with Crippen LogP contribution in [0, 0.1) is 12.3 Å². The van der Waals surface area contributed by atoms with E-state index in [1.165, 1.54) is 5.69 Å². The summed E-state index contributed by atoms with van der Waals surface area (Å²) in [5.74, 6) is 0. The Hall–Kier alpha value is -1.55. The average molecular weight is 259 g/mol. The number of aromatic nitrogens is 3. The van der Waals surface area contributed by atoms with Crippen molar-refractivity contribution in [2.75, 3.05) is 0 Å². The molecule has 0 bridgehead atoms. The van der Waals surface area contributed by atoms with Gasteiger partial charge in [-0.15, -0.1) is 0 Å². The van der Waals surface area contributed by atoms with Crippen molar-refractivity contribution in [2.24, 2.45) is 12.5 Å². The van der Waals surface area contributed by atoms with E-state index in [9.17, 15) is 5.11 Å². The Morgan fingerprint density at radius 3 is 2.79 bits per heavy atom. The van der Waals surface area contributed by atoms with Gasteiger partial charge < -0.3 is 9.67 Å². The maximum atomic E-state index is 10.4. The highest BCUT2D eigenvalue weighted by molar-refractivity contribution is 5.42. The largest absolute Gasteiger partial charge is 0.388 e. The summed E-state index contributed by atoms with van der Waals surface area (Å²) in [5.41, 5.74) is 4.69. The first-order chi connectivity index (χ1) is 8.87. The number of aliphatic hydroxyl groups excluding tert-OH is 1. The second kappa shape index (κ2) is 3.97. The summed E-state index contributed by atoms with van der Waals surface area (Å²) < 4.78 is 4.04. The molecule has 102 valence electrons. The molecule has 1 unspecified atom stereocenters. The number of hydrogen-bond acceptors (Lipinski definition) is 2. The van der Waals surface area contributed by atoms with Crippen LogP contribution in [-0.2, 0) is 13.5 Å². The van der Waals surface area contributed by atoms with Crippen LogP contribution in [0.15, 0.2) is 18.5 Å². The second-order valence-electron chi connectivity index (χ2n) is 6.46. The van der Waals surface area contributed by atoms with Gasteiger partial charge in [0.15, 0.2) is 0 Å². The van der Waals surface area contributed by atoms with Gasteiger partial charge in [0.05, 0.1) is 18.0 Å². The average Bonchev–Trinajstić information content (AvgIpc) is 2.81. The van der Waals surface area contributed by atoms with E-state index in [2.05, 4.69) is 36.5 Å². The molecule has 0 aromatic carbocycles. The molecule has 1 aliphatic rings. The Kier molecular flexibility index (Phi) is 2.61. The first-order valence-corrected chi connectivity index (χ1v) is 6.75. The van der Waals surface area contributed by atoms with E-state index in [0.29, 0.717) is 0 Å². The van der Waals surface area contributed by atoms with Crippen molar-refractivity contribution in [1.82, 2.24) is 14.3 Å². The summed E-state index contributed by atoms with van der Waals surface area (Å²) in [6, 6.07) is 2.11. The third-order valence-corrected chi connectivity index (χ3v) is 4.02. The number of aryl methyl sites for hydroxylation is 2. The fourth-order valence-corrected chi connectivity index (χ4v) is 3.23. The van der Waals surface area contributed by atoms with Crippen molar-refractivity contribution in [3.8, 4) is 5.69 Å². The third-order valence-electron chi connectivity index (χ3n) is 4.02. The summed E-state index contributed by atoms with van der Waals surface area (Å²) in [5, 5.41) is 14.6. The van der Waals surface area contributed by atoms with Crippen LogP contribution in [0.2, 0.25) is 0 Å². The Balaban J connectivity index is 2.17. The van der Waals surface area contributed by atoms with Crippen molar-refractivity contribution < 1.29 is 5.11 Å². The molecule has 0 amide bonds. The number of rotatable bonds is 1. The Labute approximate surface area is 113 Å². The molecule has 1 atom stereocenters. The Morgan fingerprint density at radius 2 is 2.16 bits per heavy atom. The molecule has 0 saturated heterocycles. The topological polar surface area (TPSA) is 43.0 Å². The molecular formula is C15H21N3O. The van der Waals surface area contributed by atoms with Gasteiger partial charge in [-0.2, -0.15) is 5.10 Å². The van der Waals surface area contributed by atoms with Gasteiger partial charge in [0.25, 0.3) is 0 Å². The van der Waals surface area contributed by atoms with E-state index in [0.717, 1.165) is 29.8 Å². The summed E-state index contributed by atoms with van der Waals surface area (Å²) in [7, 11) is 1.92. The first kappa shape index (κ1) is 12.5. The van der Waals surface area contributed by atoms with Crippen LogP contribution in [0.25, 0.3) is 5.69 Å². The van der Waals surface area contributed by atoms with Crippen LogP contribution < -0.4 is 0 Å². The van der Waals surface area contributed by atoms with Gasteiger partial charge in [-0.05, 0) is 31.2 Å².